The molecule has 7 heteroatoms. The molecule has 0 bridgehead atoms. The summed E-state index contributed by atoms with van der Waals surface area (Å²) < 4.78 is 22.2. The van der Waals surface area contributed by atoms with E-state index >= 15 is 0 Å². The first-order valence-electron chi connectivity index (χ1n) is 10.8. The van der Waals surface area contributed by atoms with Crippen molar-refractivity contribution >= 4 is 18.2 Å². The summed E-state index contributed by atoms with van der Waals surface area (Å²) in [5.41, 5.74) is 0. The topological polar surface area (TPSA) is 88.1 Å². The molecular formula is C23H34O7. The van der Waals surface area contributed by atoms with Crippen LogP contribution >= 0.6 is 0 Å². The van der Waals surface area contributed by atoms with Crippen LogP contribution in [0.15, 0.2) is 24.3 Å². The maximum absolute atomic E-state index is 11.6. The minimum absolute atomic E-state index is 0.00977. The van der Waals surface area contributed by atoms with Crippen LogP contribution in [0.4, 0.5) is 0 Å². The van der Waals surface area contributed by atoms with Gasteiger partial charge in [-0.2, -0.15) is 0 Å². The van der Waals surface area contributed by atoms with Crippen LogP contribution in [0, 0.1) is 11.8 Å². The zero-order valence-corrected chi connectivity index (χ0v) is 18.0. The lowest BCUT2D eigenvalue weighted by Crippen LogP contribution is -2.30. The van der Waals surface area contributed by atoms with Crippen LogP contribution in [0.3, 0.4) is 0 Å². The molecule has 7 nitrogen and oxygen atoms in total. The second-order valence-corrected chi connectivity index (χ2v) is 7.79. The van der Waals surface area contributed by atoms with Crippen molar-refractivity contribution < 1.29 is 33.3 Å². The molecule has 2 aliphatic rings. The minimum atomic E-state index is -0.320. The average Bonchev–Trinajstić information content (AvgIpc) is 3.04. The van der Waals surface area contributed by atoms with Crippen LogP contribution in [-0.4, -0.2) is 50.4 Å². The van der Waals surface area contributed by atoms with Gasteiger partial charge in [0.1, 0.15) is 12.4 Å². The van der Waals surface area contributed by atoms with Gasteiger partial charge in [0, 0.05) is 38.2 Å². The summed E-state index contributed by atoms with van der Waals surface area (Å²) in [6, 6.07) is 0. The summed E-state index contributed by atoms with van der Waals surface area (Å²) >= 11 is 0. The quantitative estimate of drug-likeness (QED) is 0.165. The number of carbonyl (C=O) groups excluding carboxylic acids is 3. The number of hydrogen-bond acceptors (Lipinski definition) is 7. The van der Waals surface area contributed by atoms with E-state index < -0.39 is 0 Å². The largest absolute Gasteiger partial charge is 0.469 e. The van der Waals surface area contributed by atoms with Gasteiger partial charge < -0.3 is 18.9 Å². The summed E-state index contributed by atoms with van der Waals surface area (Å²) in [6.07, 6.45) is 13.6. The molecule has 0 N–H and O–H groups in total. The van der Waals surface area contributed by atoms with Crippen molar-refractivity contribution in [1.82, 2.24) is 0 Å². The van der Waals surface area contributed by atoms with Crippen LogP contribution < -0.4 is 0 Å². The number of unbranched alkanes of at least 4 members (excludes halogenated alkanes) is 1. The normalized spacial score (nSPS) is 29.3. The summed E-state index contributed by atoms with van der Waals surface area (Å²) in [7, 11) is 1.39. The zero-order chi connectivity index (χ0) is 21.8. The first-order valence-corrected chi connectivity index (χ1v) is 10.8. The van der Waals surface area contributed by atoms with E-state index in [2.05, 4.69) is 10.8 Å². The minimum Gasteiger partial charge on any atom is -0.469 e. The van der Waals surface area contributed by atoms with Crippen molar-refractivity contribution in [3.8, 4) is 0 Å². The lowest BCUT2D eigenvalue weighted by Gasteiger charge is -2.28. The van der Waals surface area contributed by atoms with Crippen LogP contribution in [0.25, 0.3) is 0 Å². The van der Waals surface area contributed by atoms with Gasteiger partial charge in [-0.1, -0.05) is 18.2 Å². The van der Waals surface area contributed by atoms with Gasteiger partial charge in [0.25, 0.3) is 0 Å². The molecule has 0 aromatic rings. The predicted octanol–water partition coefficient (Wildman–Crippen LogP) is 3.51. The molecule has 0 spiro atoms. The van der Waals surface area contributed by atoms with Crippen LogP contribution in [0.2, 0.25) is 0 Å². The Kier molecular flexibility index (Phi) is 10.8. The average molecular weight is 423 g/mol. The molecule has 168 valence electrons. The molecule has 1 unspecified atom stereocenters. The van der Waals surface area contributed by atoms with Crippen LogP contribution in [0.1, 0.15) is 58.3 Å². The number of esters is 2. The first-order chi connectivity index (χ1) is 14.5. The van der Waals surface area contributed by atoms with Gasteiger partial charge in [0.05, 0.1) is 13.2 Å². The fraction of sp³-hybridized carbons (Fsp3) is 0.696. The number of hydrogen-bond donors (Lipinski definition) is 0. The molecule has 1 heterocycles. The second-order valence-electron chi connectivity index (χ2n) is 7.79. The molecule has 2 rings (SSSR count). The van der Waals surface area contributed by atoms with Crippen LogP contribution in [0.5, 0.6) is 0 Å². The van der Waals surface area contributed by atoms with E-state index in [9.17, 15) is 14.4 Å². The summed E-state index contributed by atoms with van der Waals surface area (Å²) in [5, 5.41) is 0. The fourth-order valence-electron chi connectivity index (χ4n) is 4.18. The number of carbonyl (C=O) groups is 3. The number of rotatable bonds is 11. The summed E-state index contributed by atoms with van der Waals surface area (Å²) in [4.78, 5) is 33.8. The van der Waals surface area contributed by atoms with Crippen LogP contribution in [-0.2, 0) is 33.3 Å². The van der Waals surface area contributed by atoms with Gasteiger partial charge >= 0.3 is 11.9 Å². The highest BCUT2D eigenvalue weighted by Gasteiger charge is 2.44. The van der Waals surface area contributed by atoms with Gasteiger partial charge in [-0.15, -0.1) is 0 Å². The Morgan fingerprint density at radius 2 is 2.00 bits per heavy atom. The Morgan fingerprint density at radius 3 is 2.67 bits per heavy atom. The summed E-state index contributed by atoms with van der Waals surface area (Å²) in [5.74, 6) is -0.571. The molecule has 0 aromatic carbocycles. The van der Waals surface area contributed by atoms with Gasteiger partial charge in [-0.25, -0.2) is 0 Å². The maximum Gasteiger partial charge on any atom is 0.305 e. The Balaban J connectivity index is 2.02. The van der Waals surface area contributed by atoms with Crippen molar-refractivity contribution in [2.45, 2.75) is 76.8 Å². The van der Waals surface area contributed by atoms with E-state index in [1.54, 1.807) is 0 Å². The smallest absolute Gasteiger partial charge is 0.305 e. The molecular weight excluding hydrogens is 388 g/mol. The van der Waals surface area contributed by atoms with E-state index in [1.807, 2.05) is 12.2 Å². The SMILES string of the molecule is COC(=O)CCC/C=C\C[C@@H]1[C@@H](/C=C/C=O)[C@H](OC2CCCCO2)C[C@@H]1OC(C)=O. The van der Waals surface area contributed by atoms with Gasteiger partial charge in [-0.05, 0) is 44.6 Å². The molecule has 1 aliphatic heterocycles. The molecule has 5 atom stereocenters. The number of ether oxygens (including phenoxy) is 4. The molecule has 0 radical (unpaired) electrons. The molecule has 1 aliphatic carbocycles. The molecule has 0 aromatic heterocycles. The second kappa shape index (κ2) is 13.3. The summed E-state index contributed by atoms with van der Waals surface area (Å²) in [6.45, 7) is 2.10. The standard InChI is InChI=1S/C23H34O7/c1-17(25)29-20-16-21(30-23-13-7-8-15-28-23)19(11-9-14-24)18(20)10-5-3-4-6-12-22(26)27-2/h3,5,9,11,14,18-21,23H,4,6-8,10,12-13,15-16H2,1-2H3/b5-3-,11-9+/t18-,19-,20+,21-,23?/m1/s1. The van der Waals surface area contributed by atoms with Gasteiger partial charge in [0.2, 0.25) is 0 Å². The number of allylic oxidation sites excluding steroid dienone is 3. The molecule has 30 heavy (non-hydrogen) atoms. The predicted molar refractivity (Wildman–Crippen MR) is 110 cm³/mol. The van der Waals surface area contributed by atoms with E-state index in [-0.39, 0.29) is 42.3 Å². The number of methoxy groups -OCH3 is 1. The van der Waals surface area contributed by atoms with E-state index in [0.29, 0.717) is 25.9 Å². The highest BCUT2D eigenvalue weighted by Crippen LogP contribution is 2.41. The van der Waals surface area contributed by atoms with E-state index in [1.165, 1.54) is 20.1 Å². The van der Waals surface area contributed by atoms with Gasteiger partial charge in [-0.3, -0.25) is 14.4 Å². The van der Waals surface area contributed by atoms with Crippen molar-refractivity contribution in [3.63, 3.8) is 0 Å². The Hall–Kier alpha value is -1.99. The third-order valence-electron chi connectivity index (χ3n) is 5.61. The monoisotopic (exact) mass is 422 g/mol. The fourth-order valence-corrected chi connectivity index (χ4v) is 4.18. The lowest BCUT2D eigenvalue weighted by molar-refractivity contribution is -0.193. The van der Waals surface area contributed by atoms with E-state index in [4.69, 9.17) is 14.2 Å². The third kappa shape index (κ3) is 8.03. The first kappa shape index (κ1) is 24.3. The van der Waals surface area contributed by atoms with Crippen molar-refractivity contribution in [1.29, 1.82) is 0 Å². The zero-order valence-electron chi connectivity index (χ0n) is 18.0. The molecule has 1 saturated heterocycles. The highest BCUT2D eigenvalue weighted by atomic mass is 16.7. The number of aldehydes is 1. The molecule has 1 saturated carbocycles. The Bertz CT molecular complexity index is 607. The lowest BCUT2D eigenvalue weighted by atomic mass is 9.89. The maximum atomic E-state index is 11.6. The highest BCUT2D eigenvalue weighted by molar-refractivity contribution is 5.69. The van der Waals surface area contributed by atoms with Crippen molar-refractivity contribution in [3.05, 3.63) is 24.3 Å². The Morgan fingerprint density at radius 1 is 1.17 bits per heavy atom. The molecule has 2 fully saturated rings. The van der Waals surface area contributed by atoms with Gasteiger partial charge in [0.15, 0.2) is 6.29 Å². The van der Waals surface area contributed by atoms with Crippen molar-refractivity contribution in [2.24, 2.45) is 11.8 Å². The third-order valence-corrected chi connectivity index (χ3v) is 5.61. The van der Waals surface area contributed by atoms with Crippen molar-refractivity contribution in [2.75, 3.05) is 13.7 Å². The van der Waals surface area contributed by atoms with E-state index in [0.717, 1.165) is 38.4 Å². The Labute approximate surface area is 178 Å². The molecule has 0 amide bonds.